The van der Waals surface area contributed by atoms with E-state index >= 15 is 0 Å². The molecule has 2 aromatic carbocycles. The number of esters is 1. The SMILES string of the molecule is COc1cccc(C)c1-c1ccccc1COC(C)=O.[C-]#[O+].[C-]#[O+].[C-]#[O+].[Cr]. The van der Waals surface area contributed by atoms with Crippen LogP contribution in [0.15, 0.2) is 42.5 Å². The van der Waals surface area contributed by atoms with Gasteiger partial charge >= 0.3 is 39.9 Å². The molecule has 0 atom stereocenters. The number of aryl methyl sites for hydroxylation is 1. The minimum absolute atomic E-state index is 0. The minimum atomic E-state index is -0.281. The molecule has 0 fully saturated rings. The first-order valence-corrected chi connectivity index (χ1v) is 7.10. The molecule has 140 valence electrons. The van der Waals surface area contributed by atoms with E-state index in [0.717, 1.165) is 28.0 Å². The molecule has 0 N–H and O–H groups in total. The molecule has 0 saturated heterocycles. The molecule has 0 saturated carbocycles. The van der Waals surface area contributed by atoms with E-state index in [0.29, 0.717) is 0 Å². The third-order valence-corrected chi connectivity index (χ3v) is 3.17. The van der Waals surface area contributed by atoms with Crippen LogP contribution in [-0.2, 0) is 47.5 Å². The first kappa shape index (κ1) is 29.2. The Hall–Kier alpha value is -2.54. The summed E-state index contributed by atoms with van der Waals surface area (Å²) in [7, 11) is 1.66. The van der Waals surface area contributed by atoms with E-state index in [2.05, 4.69) is 20.0 Å². The van der Waals surface area contributed by atoms with Gasteiger partial charge in [0.15, 0.2) is 0 Å². The monoisotopic (exact) mass is 406 g/mol. The summed E-state index contributed by atoms with van der Waals surface area (Å²) in [5.41, 5.74) is 4.16. The Kier molecular flexibility index (Phi) is 19.8. The van der Waals surface area contributed by atoms with Gasteiger partial charge in [-0.05, 0) is 29.7 Å². The summed E-state index contributed by atoms with van der Waals surface area (Å²) in [5, 5.41) is 0. The Labute approximate surface area is 169 Å². The molecule has 0 aromatic heterocycles. The van der Waals surface area contributed by atoms with Crippen LogP contribution in [0.2, 0.25) is 0 Å². The normalized spacial score (nSPS) is 7.74. The maximum Gasteiger partial charge on any atom is 0 e. The molecule has 0 amide bonds. The third kappa shape index (κ3) is 9.65. The van der Waals surface area contributed by atoms with Crippen molar-refractivity contribution in [1.29, 1.82) is 0 Å². The molecule has 2 rings (SSSR count). The maximum absolute atomic E-state index is 11.0. The molecule has 27 heavy (non-hydrogen) atoms. The van der Waals surface area contributed by atoms with Gasteiger partial charge in [0.25, 0.3) is 0 Å². The molecular weight excluding hydrogens is 388 g/mol. The van der Waals surface area contributed by atoms with Crippen LogP contribution in [-0.4, -0.2) is 13.1 Å². The molecule has 0 heterocycles. The van der Waals surface area contributed by atoms with Crippen LogP contribution in [0.4, 0.5) is 0 Å². The number of carbonyl (C=O) groups excluding carboxylic acids is 1. The molecule has 6 nitrogen and oxygen atoms in total. The van der Waals surface area contributed by atoms with Crippen LogP contribution in [0.3, 0.4) is 0 Å². The van der Waals surface area contributed by atoms with Gasteiger partial charge in [-0.15, -0.1) is 0 Å². The van der Waals surface area contributed by atoms with Crippen LogP contribution < -0.4 is 4.74 Å². The summed E-state index contributed by atoms with van der Waals surface area (Å²) >= 11 is 0. The van der Waals surface area contributed by atoms with E-state index in [4.69, 9.17) is 23.4 Å². The van der Waals surface area contributed by atoms with Gasteiger partial charge in [0.05, 0.1) is 7.11 Å². The molecule has 0 aliphatic carbocycles. The van der Waals surface area contributed by atoms with Gasteiger partial charge < -0.3 is 9.47 Å². The third-order valence-electron chi connectivity index (χ3n) is 3.17. The Morgan fingerprint density at radius 2 is 1.52 bits per heavy atom. The summed E-state index contributed by atoms with van der Waals surface area (Å²) in [6.45, 7) is 17.2. The van der Waals surface area contributed by atoms with Crippen molar-refractivity contribution in [3.63, 3.8) is 0 Å². The quantitative estimate of drug-likeness (QED) is 0.441. The molecule has 0 spiro atoms. The van der Waals surface area contributed by atoms with E-state index in [1.165, 1.54) is 6.92 Å². The van der Waals surface area contributed by atoms with Gasteiger partial charge in [-0.3, -0.25) is 4.79 Å². The average Bonchev–Trinajstić information content (AvgIpc) is 2.71. The number of hydrogen-bond acceptors (Lipinski definition) is 3. The molecule has 0 bridgehead atoms. The molecular formula is C20H18CrO6. The first-order chi connectivity index (χ1) is 12.6. The molecule has 0 aliphatic rings. The van der Waals surface area contributed by atoms with Crippen LogP contribution in [0.1, 0.15) is 18.1 Å². The summed E-state index contributed by atoms with van der Waals surface area (Å²) in [6.07, 6.45) is 0. The molecule has 7 heteroatoms. The Bertz CT molecular complexity index is 735. The van der Waals surface area contributed by atoms with Crippen molar-refractivity contribution in [2.75, 3.05) is 7.11 Å². The second-order valence-corrected chi connectivity index (χ2v) is 4.59. The van der Waals surface area contributed by atoms with E-state index in [-0.39, 0.29) is 29.9 Å². The van der Waals surface area contributed by atoms with Gasteiger partial charge in [0.1, 0.15) is 12.4 Å². The molecule has 0 aliphatic heterocycles. The van der Waals surface area contributed by atoms with Crippen molar-refractivity contribution in [1.82, 2.24) is 0 Å². The number of rotatable bonds is 4. The molecule has 2 aromatic rings. The van der Waals surface area contributed by atoms with E-state index in [9.17, 15) is 4.79 Å². The fourth-order valence-electron chi connectivity index (χ4n) is 2.23. The van der Waals surface area contributed by atoms with Crippen LogP contribution in [0, 0.1) is 26.9 Å². The van der Waals surface area contributed by atoms with Crippen LogP contribution in [0.25, 0.3) is 11.1 Å². The maximum atomic E-state index is 11.0. The number of ether oxygens (including phenoxy) is 2. The predicted octanol–water partition coefficient (Wildman–Crippen LogP) is 3.62. The van der Waals surface area contributed by atoms with Crippen molar-refractivity contribution in [3.8, 4) is 16.9 Å². The predicted molar refractivity (Wildman–Crippen MR) is 90.4 cm³/mol. The fraction of sp³-hybridized carbons (Fsp3) is 0.200. The summed E-state index contributed by atoms with van der Waals surface area (Å²) in [4.78, 5) is 11.0. The molecule has 0 radical (unpaired) electrons. The van der Waals surface area contributed by atoms with Gasteiger partial charge in [-0.25, -0.2) is 0 Å². The molecule has 0 unspecified atom stereocenters. The van der Waals surface area contributed by atoms with E-state index in [1.807, 2.05) is 49.4 Å². The Morgan fingerprint density at radius 3 is 2.04 bits per heavy atom. The van der Waals surface area contributed by atoms with Crippen LogP contribution in [0.5, 0.6) is 5.75 Å². The summed E-state index contributed by atoms with van der Waals surface area (Å²) in [6, 6.07) is 13.8. The van der Waals surface area contributed by atoms with E-state index < -0.39 is 0 Å². The van der Waals surface area contributed by atoms with E-state index in [1.54, 1.807) is 7.11 Å². The standard InChI is InChI=1S/C17H18O3.3CO.Cr/c1-12-7-6-10-16(19-3)17(12)15-9-5-4-8-14(15)11-20-13(2)18;3*1-2;/h4-10H,11H2,1-3H3;;;;. The largest absolute Gasteiger partial charge is 0 e. The van der Waals surface area contributed by atoms with Gasteiger partial charge in [-0.2, -0.15) is 0 Å². The number of methoxy groups -OCH3 is 1. The van der Waals surface area contributed by atoms with Crippen molar-refractivity contribution in [3.05, 3.63) is 73.5 Å². The van der Waals surface area contributed by atoms with Gasteiger partial charge in [0.2, 0.25) is 0 Å². The first-order valence-electron chi connectivity index (χ1n) is 7.10. The second-order valence-electron chi connectivity index (χ2n) is 4.59. The zero-order valence-corrected chi connectivity index (χ0v) is 16.4. The number of carbonyl (C=O) groups is 1. The number of hydrogen-bond donors (Lipinski definition) is 0. The minimum Gasteiger partial charge on any atom is 0 e. The smallest absolute Gasteiger partial charge is 0 e. The van der Waals surface area contributed by atoms with Crippen molar-refractivity contribution in [2.45, 2.75) is 20.5 Å². The van der Waals surface area contributed by atoms with Crippen molar-refractivity contribution < 1.29 is 45.6 Å². The van der Waals surface area contributed by atoms with Gasteiger partial charge in [0, 0.05) is 29.8 Å². The Morgan fingerprint density at radius 1 is 0.963 bits per heavy atom. The summed E-state index contributed by atoms with van der Waals surface area (Å²) < 4.78 is 33.1. The second kappa shape index (κ2) is 18.3. The topological polar surface area (TPSA) is 95.2 Å². The van der Waals surface area contributed by atoms with Gasteiger partial charge in [-0.1, -0.05) is 36.4 Å². The fourth-order valence-corrected chi connectivity index (χ4v) is 2.23. The average molecular weight is 406 g/mol. The van der Waals surface area contributed by atoms with Crippen molar-refractivity contribution in [2.24, 2.45) is 0 Å². The van der Waals surface area contributed by atoms with Crippen LogP contribution >= 0.6 is 0 Å². The number of benzene rings is 2. The summed E-state index contributed by atoms with van der Waals surface area (Å²) in [5.74, 6) is 0.539. The zero-order chi connectivity index (χ0) is 20.5. The zero-order valence-electron chi connectivity index (χ0n) is 15.1. The van der Waals surface area contributed by atoms with Crippen molar-refractivity contribution >= 4 is 5.97 Å². The Balaban J connectivity index is -0.000000749.